The molecule has 0 spiro atoms. The maximum Gasteiger partial charge on any atom is 0.258 e. The van der Waals surface area contributed by atoms with Crippen LogP contribution in [0.2, 0.25) is 0 Å². The molecule has 0 aliphatic carbocycles. The van der Waals surface area contributed by atoms with E-state index in [1.807, 2.05) is 61.2 Å². The number of hydrogen-bond donors (Lipinski definition) is 1. The number of nitrogens with zero attached hydrogens (tertiary/aromatic N) is 1. The Kier molecular flexibility index (Phi) is 7.04. The van der Waals surface area contributed by atoms with Crippen molar-refractivity contribution in [2.24, 2.45) is 0 Å². The summed E-state index contributed by atoms with van der Waals surface area (Å²) in [6.07, 6.45) is 1.50. The highest BCUT2D eigenvalue weighted by Crippen LogP contribution is 2.23. The van der Waals surface area contributed by atoms with Crippen LogP contribution in [0.1, 0.15) is 60.7 Å². The minimum atomic E-state index is -0.122. The molecule has 2 amide bonds. The van der Waals surface area contributed by atoms with Crippen LogP contribution in [-0.2, 0) is 10.2 Å². The van der Waals surface area contributed by atoms with E-state index in [9.17, 15) is 9.59 Å². The molecule has 0 aromatic heterocycles. The topological polar surface area (TPSA) is 58.6 Å². The van der Waals surface area contributed by atoms with Gasteiger partial charge in [-0.3, -0.25) is 9.59 Å². The van der Waals surface area contributed by atoms with Gasteiger partial charge in [-0.25, -0.2) is 0 Å². The van der Waals surface area contributed by atoms with E-state index in [1.54, 1.807) is 0 Å². The molecule has 5 nitrogen and oxygen atoms in total. The zero-order valence-corrected chi connectivity index (χ0v) is 19.3. The van der Waals surface area contributed by atoms with Crippen LogP contribution in [0.25, 0.3) is 0 Å². The first-order valence-electron chi connectivity index (χ1n) is 11.0. The number of aryl methyl sites for hydroxylation is 1. The van der Waals surface area contributed by atoms with E-state index in [0.717, 1.165) is 35.3 Å². The average Bonchev–Trinajstić information content (AvgIpc) is 2.74. The van der Waals surface area contributed by atoms with E-state index < -0.39 is 0 Å². The molecular formula is C26H34N2O3. The fourth-order valence-corrected chi connectivity index (χ4v) is 3.82. The summed E-state index contributed by atoms with van der Waals surface area (Å²) < 4.78 is 5.70. The molecule has 1 aliphatic heterocycles. The molecule has 1 saturated heterocycles. The number of hydrogen-bond acceptors (Lipinski definition) is 3. The molecule has 2 aromatic rings. The molecular weight excluding hydrogens is 388 g/mol. The molecule has 0 saturated carbocycles. The van der Waals surface area contributed by atoms with Crippen LogP contribution in [-0.4, -0.2) is 42.5 Å². The predicted octanol–water partition coefficient (Wildman–Crippen LogP) is 4.40. The number of carbonyl (C=O) groups excluding carboxylic acids is 2. The van der Waals surface area contributed by atoms with Crippen LogP contribution in [0, 0.1) is 13.8 Å². The summed E-state index contributed by atoms with van der Waals surface area (Å²) in [5, 5.41) is 3.04. The summed E-state index contributed by atoms with van der Waals surface area (Å²) in [6.45, 7) is 11.8. The lowest BCUT2D eigenvalue weighted by atomic mass is 9.86. The second-order valence-corrected chi connectivity index (χ2v) is 9.45. The van der Waals surface area contributed by atoms with Gasteiger partial charge < -0.3 is 15.0 Å². The van der Waals surface area contributed by atoms with Crippen molar-refractivity contribution in [3.05, 3.63) is 64.7 Å². The van der Waals surface area contributed by atoms with Gasteiger partial charge in [0.05, 0.1) is 0 Å². The van der Waals surface area contributed by atoms with Gasteiger partial charge in [-0.15, -0.1) is 0 Å². The number of piperidine rings is 1. The van der Waals surface area contributed by atoms with Crippen molar-refractivity contribution >= 4 is 11.8 Å². The van der Waals surface area contributed by atoms with E-state index in [1.165, 1.54) is 5.56 Å². The normalized spacial score (nSPS) is 14.9. The maximum absolute atomic E-state index is 12.8. The minimum absolute atomic E-state index is 0.00354. The Morgan fingerprint density at radius 3 is 2.29 bits per heavy atom. The second-order valence-electron chi connectivity index (χ2n) is 9.45. The first kappa shape index (κ1) is 22.9. The number of ether oxygens (including phenoxy) is 1. The third-order valence-electron chi connectivity index (χ3n) is 6.06. The van der Waals surface area contributed by atoms with Crippen LogP contribution in [0.3, 0.4) is 0 Å². The lowest BCUT2D eigenvalue weighted by Gasteiger charge is -2.32. The standard InChI is InChI=1S/C26H34N2O3/c1-18-7-6-8-23(19(18)2)31-17-24(29)27-22-13-15-28(16-14-22)25(30)20-9-11-21(12-10-20)26(3,4)5/h6-12,22H,13-17H2,1-5H3,(H,27,29). The molecule has 1 fully saturated rings. The Balaban J connectivity index is 1.46. The molecule has 5 heteroatoms. The number of benzene rings is 2. The van der Waals surface area contributed by atoms with Crippen LogP contribution < -0.4 is 10.1 Å². The SMILES string of the molecule is Cc1cccc(OCC(=O)NC2CCN(C(=O)c3ccc(C(C)(C)C)cc3)CC2)c1C. The maximum atomic E-state index is 12.8. The molecule has 1 N–H and O–H groups in total. The summed E-state index contributed by atoms with van der Waals surface area (Å²) in [5.41, 5.74) is 4.20. The first-order chi connectivity index (χ1) is 14.6. The Hall–Kier alpha value is -2.82. The summed E-state index contributed by atoms with van der Waals surface area (Å²) in [7, 11) is 0. The first-order valence-corrected chi connectivity index (χ1v) is 11.0. The van der Waals surface area contributed by atoms with Crippen molar-refractivity contribution < 1.29 is 14.3 Å². The van der Waals surface area contributed by atoms with Crippen molar-refractivity contribution in [2.75, 3.05) is 19.7 Å². The number of likely N-dealkylation sites (tertiary alicyclic amines) is 1. The van der Waals surface area contributed by atoms with Gasteiger partial charge in [0.15, 0.2) is 6.61 Å². The van der Waals surface area contributed by atoms with Crippen molar-refractivity contribution in [3.63, 3.8) is 0 Å². The molecule has 0 bridgehead atoms. The number of carbonyl (C=O) groups is 2. The largest absolute Gasteiger partial charge is 0.483 e. The van der Waals surface area contributed by atoms with E-state index in [-0.39, 0.29) is 29.9 Å². The van der Waals surface area contributed by atoms with Gasteiger partial charge in [-0.2, -0.15) is 0 Å². The van der Waals surface area contributed by atoms with Gasteiger partial charge in [-0.05, 0) is 67.0 Å². The minimum Gasteiger partial charge on any atom is -0.483 e. The third kappa shape index (κ3) is 5.87. The van der Waals surface area contributed by atoms with Crippen LogP contribution in [0.5, 0.6) is 5.75 Å². The molecule has 0 radical (unpaired) electrons. The molecule has 1 heterocycles. The molecule has 0 atom stereocenters. The smallest absolute Gasteiger partial charge is 0.258 e. The van der Waals surface area contributed by atoms with Gasteiger partial charge in [-0.1, -0.05) is 45.0 Å². The number of amides is 2. The van der Waals surface area contributed by atoms with Crippen molar-refractivity contribution in [1.29, 1.82) is 0 Å². The Labute approximate surface area is 185 Å². The quantitative estimate of drug-likeness (QED) is 0.777. The second kappa shape index (κ2) is 9.54. The monoisotopic (exact) mass is 422 g/mol. The third-order valence-corrected chi connectivity index (χ3v) is 6.06. The van der Waals surface area contributed by atoms with E-state index in [2.05, 4.69) is 26.1 Å². The molecule has 31 heavy (non-hydrogen) atoms. The highest BCUT2D eigenvalue weighted by atomic mass is 16.5. The summed E-state index contributed by atoms with van der Waals surface area (Å²) in [4.78, 5) is 27.0. The van der Waals surface area contributed by atoms with Crippen LogP contribution in [0.4, 0.5) is 0 Å². The van der Waals surface area contributed by atoms with Gasteiger partial charge >= 0.3 is 0 Å². The van der Waals surface area contributed by atoms with Crippen molar-refractivity contribution in [2.45, 2.75) is 58.9 Å². The summed E-state index contributed by atoms with van der Waals surface area (Å²) in [6, 6.07) is 13.8. The molecule has 0 unspecified atom stereocenters. The van der Waals surface area contributed by atoms with Crippen LogP contribution in [0.15, 0.2) is 42.5 Å². The van der Waals surface area contributed by atoms with Gasteiger partial charge in [0.2, 0.25) is 0 Å². The van der Waals surface area contributed by atoms with E-state index in [4.69, 9.17) is 4.74 Å². The zero-order valence-electron chi connectivity index (χ0n) is 19.3. The summed E-state index contributed by atoms with van der Waals surface area (Å²) in [5.74, 6) is 0.681. The lowest BCUT2D eigenvalue weighted by molar-refractivity contribution is -0.124. The van der Waals surface area contributed by atoms with E-state index >= 15 is 0 Å². The van der Waals surface area contributed by atoms with Crippen LogP contribution >= 0.6 is 0 Å². The fraction of sp³-hybridized carbons (Fsp3) is 0.462. The number of rotatable bonds is 5. The summed E-state index contributed by atoms with van der Waals surface area (Å²) >= 11 is 0. The highest BCUT2D eigenvalue weighted by molar-refractivity contribution is 5.94. The number of nitrogens with one attached hydrogen (secondary N) is 1. The van der Waals surface area contributed by atoms with Gasteiger partial charge in [0, 0.05) is 24.7 Å². The predicted molar refractivity (Wildman–Crippen MR) is 124 cm³/mol. The zero-order chi connectivity index (χ0) is 22.6. The Bertz CT molecular complexity index is 921. The van der Waals surface area contributed by atoms with Gasteiger partial charge in [0.25, 0.3) is 11.8 Å². The highest BCUT2D eigenvalue weighted by Gasteiger charge is 2.25. The molecule has 2 aromatic carbocycles. The van der Waals surface area contributed by atoms with Crippen molar-refractivity contribution in [3.8, 4) is 5.75 Å². The molecule has 166 valence electrons. The van der Waals surface area contributed by atoms with Gasteiger partial charge in [0.1, 0.15) is 5.75 Å². The van der Waals surface area contributed by atoms with Crippen molar-refractivity contribution in [1.82, 2.24) is 10.2 Å². The average molecular weight is 423 g/mol. The van der Waals surface area contributed by atoms with E-state index in [0.29, 0.717) is 13.1 Å². The molecule has 1 aliphatic rings. The Morgan fingerprint density at radius 1 is 1.03 bits per heavy atom. The Morgan fingerprint density at radius 2 is 1.68 bits per heavy atom. The lowest BCUT2D eigenvalue weighted by Crippen LogP contribution is -2.47. The fourth-order valence-electron chi connectivity index (χ4n) is 3.82. The molecule has 3 rings (SSSR count).